The van der Waals surface area contributed by atoms with Gasteiger partial charge in [0, 0.05) is 15.3 Å². The van der Waals surface area contributed by atoms with Crippen LogP contribution < -0.4 is 0 Å². The molecule has 0 N–H and O–H groups in total. The molecule has 2 atom stereocenters. The molecule has 2 unspecified atom stereocenters. The van der Waals surface area contributed by atoms with E-state index in [4.69, 9.17) is 16.3 Å². The Labute approximate surface area is 123 Å². The van der Waals surface area contributed by atoms with Gasteiger partial charge in [-0.05, 0) is 30.9 Å². The fraction of sp³-hybridized carbons (Fsp3) is 0.600. The van der Waals surface area contributed by atoms with Gasteiger partial charge in [0.2, 0.25) is 0 Å². The Morgan fingerprint density at radius 3 is 2.56 bits per heavy atom. The third-order valence-corrected chi connectivity index (χ3v) is 6.05. The Kier molecular flexibility index (Phi) is 4.74. The lowest BCUT2D eigenvalue weighted by molar-refractivity contribution is -0.115. The lowest BCUT2D eigenvalue weighted by atomic mass is 9.62. The zero-order valence-corrected chi connectivity index (χ0v) is 13.3. The maximum absolute atomic E-state index is 6.15. The van der Waals surface area contributed by atoms with Gasteiger partial charge in [0.15, 0.2) is 0 Å². The Morgan fingerprint density at radius 1 is 1.33 bits per heavy atom. The first-order valence-corrected chi connectivity index (χ1v) is 7.92. The first kappa shape index (κ1) is 14.4. The molecule has 1 aromatic carbocycles. The third-order valence-electron chi connectivity index (χ3n) is 4.40. The van der Waals surface area contributed by atoms with Gasteiger partial charge in [-0.1, -0.05) is 59.6 Å². The number of halogens is 2. The summed E-state index contributed by atoms with van der Waals surface area (Å²) >= 11 is 9.93. The SMILES string of the molecule is CCC1(CC)C(Br)CC1OCc1ccccc1Cl. The minimum atomic E-state index is 0.307. The van der Waals surface area contributed by atoms with E-state index in [9.17, 15) is 0 Å². The van der Waals surface area contributed by atoms with E-state index in [-0.39, 0.29) is 0 Å². The molecule has 1 aromatic rings. The van der Waals surface area contributed by atoms with Crippen molar-refractivity contribution in [2.45, 2.75) is 50.6 Å². The molecule has 2 rings (SSSR count). The van der Waals surface area contributed by atoms with Crippen LogP contribution in [0.1, 0.15) is 38.7 Å². The summed E-state index contributed by atoms with van der Waals surface area (Å²) < 4.78 is 6.10. The van der Waals surface area contributed by atoms with E-state index in [2.05, 4.69) is 29.8 Å². The molecular formula is C15H20BrClO. The van der Waals surface area contributed by atoms with E-state index < -0.39 is 0 Å². The molecule has 1 nitrogen and oxygen atoms in total. The summed E-state index contributed by atoms with van der Waals surface area (Å²) in [5, 5.41) is 0.797. The highest BCUT2D eigenvalue weighted by atomic mass is 79.9. The highest BCUT2D eigenvalue weighted by molar-refractivity contribution is 9.09. The van der Waals surface area contributed by atoms with Crippen molar-refractivity contribution in [3.05, 3.63) is 34.9 Å². The van der Waals surface area contributed by atoms with Crippen LogP contribution >= 0.6 is 27.5 Å². The van der Waals surface area contributed by atoms with Crippen molar-refractivity contribution in [3.8, 4) is 0 Å². The fourth-order valence-electron chi connectivity index (χ4n) is 2.89. The standard InChI is InChI=1S/C15H20BrClO/c1-3-15(4-2)13(16)9-14(15)18-10-11-7-5-6-8-12(11)17/h5-8,13-14H,3-4,9-10H2,1-2H3. The second kappa shape index (κ2) is 5.94. The van der Waals surface area contributed by atoms with Crippen molar-refractivity contribution in [2.75, 3.05) is 0 Å². The Hall–Kier alpha value is -0.0500. The quantitative estimate of drug-likeness (QED) is 0.674. The van der Waals surface area contributed by atoms with Crippen LogP contribution in [0.15, 0.2) is 24.3 Å². The number of hydrogen-bond donors (Lipinski definition) is 0. The van der Waals surface area contributed by atoms with Gasteiger partial charge in [0.25, 0.3) is 0 Å². The lowest BCUT2D eigenvalue weighted by Crippen LogP contribution is -2.54. The third kappa shape index (κ3) is 2.48. The molecule has 1 saturated carbocycles. The summed E-state index contributed by atoms with van der Waals surface area (Å²) in [5.74, 6) is 0. The van der Waals surface area contributed by atoms with Gasteiger partial charge in [0.1, 0.15) is 0 Å². The van der Waals surface area contributed by atoms with Crippen LogP contribution in [0.25, 0.3) is 0 Å². The zero-order chi connectivity index (χ0) is 13.2. The van der Waals surface area contributed by atoms with Gasteiger partial charge < -0.3 is 4.74 Å². The Bertz CT molecular complexity index is 403. The number of ether oxygens (including phenoxy) is 1. The second-order valence-electron chi connectivity index (χ2n) is 5.03. The molecule has 0 bridgehead atoms. The van der Waals surface area contributed by atoms with Gasteiger partial charge in [-0.2, -0.15) is 0 Å². The van der Waals surface area contributed by atoms with Gasteiger partial charge in [-0.25, -0.2) is 0 Å². The van der Waals surface area contributed by atoms with Crippen LogP contribution in [0.2, 0.25) is 5.02 Å². The van der Waals surface area contributed by atoms with Crippen LogP contribution in [0.4, 0.5) is 0 Å². The molecule has 0 spiro atoms. The summed E-state index contributed by atoms with van der Waals surface area (Å²) in [6.45, 7) is 5.12. The topological polar surface area (TPSA) is 9.23 Å². The first-order chi connectivity index (χ1) is 8.64. The maximum Gasteiger partial charge on any atom is 0.0735 e. The van der Waals surface area contributed by atoms with Gasteiger partial charge in [-0.3, -0.25) is 0 Å². The summed E-state index contributed by atoms with van der Waals surface area (Å²) in [6.07, 6.45) is 3.78. The van der Waals surface area contributed by atoms with Crippen LogP contribution in [0, 0.1) is 5.41 Å². The van der Waals surface area contributed by atoms with Crippen LogP contribution in [-0.2, 0) is 11.3 Å². The molecule has 0 saturated heterocycles. The monoisotopic (exact) mass is 330 g/mol. The lowest BCUT2D eigenvalue weighted by Gasteiger charge is -2.53. The van der Waals surface area contributed by atoms with E-state index in [0.29, 0.717) is 23.0 Å². The number of alkyl halides is 1. The second-order valence-corrected chi connectivity index (χ2v) is 6.55. The zero-order valence-electron chi connectivity index (χ0n) is 11.0. The van der Waals surface area contributed by atoms with Crippen LogP contribution in [-0.4, -0.2) is 10.9 Å². The molecular weight excluding hydrogens is 312 g/mol. The van der Waals surface area contributed by atoms with Crippen molar-refractivity contribution in [1.29, 1.82) is 0 Å². The molecule has 18 heavy (non-hydrogen) atoms. The Morgan fingerprint density at radius 2 is 2.00 bits per heavy atom. The summed E-state index contributed by atoms with van der Waals surface area (Å²) in [6, 6.07) is 7.91. The van der Waals surface area contributed by atoms with Crippen molar-refractivity contribution in [2.24, 2.45) is 5.41 Å². The molecule has 1 aliphatic carbocycles. The van der Waals surface area contributed by atoms with Crippen molar-refractivity contribution in [3.63, 3.8) is 0 Å². The molecule has 0 aromatic heterocycles. The van der Waals surface area contributed by atoms with E-state index in [0.717, 1.165) is 29.8 Å². The van der Waals surface area contributed by atoms with Crippen molar-refractivity contribution >= 4 is 27.5 Å². The Balaban J connectivity index is 1.98. The number of benzene rings is 1. The van der Waals surface area contributed by atoms with Crippen molar-refractivity contribution < 1.29 is 4.74 Å². The molecule has 0 radical (unpaired) electrons. The molecule has 1 aliphatic rings. The van der Waals surface area contributed by atoms with Crippen molar-refractivity contribution in [1.82, 2.24) is 0 Å². The highest BCUT2D eigenvalue weighted by Crippen LogP contribution is 2.52. The van der Waals surface area contributed by atoms with Crippen LogP contribution in [0.3, 0.4) is 0 Å². The average molecular weight is 332 g/mol. The van der Waals surface area contributed by atoms with E-state index >= 15 is 0 Å². The molecule has 0 amide bonds. The van der Waals surface area contributed by atoms with E-state index in [1.165, 1.54) is 0 Å². The summed E-state index contributed by atoms with van der Waals surface area (Å²) in [4.78, 5) is 0.594. The predicted molar refractivity (Wildman–Crippen MR) is 80.4 cm³/mol. The highest BCUT2D eigenvalue weighted by Gasteiger charge is 2.52. The largest absolute Gasteiger partial charge is 0.373 e. The number of hydrogen-bond acceptors (Lipinski definition) is 1. The minimum Gasteiger partial charge on any atom is -0.373 e. The molecule has 1 fully saturated rings. The minimum absolute atomic E-state index is 0.307. The summed E-state index contributed by atoms with van der Waals surface area (Å²) in [7, 11) is 0. The molecule has 0 heterocycles. The van der Waals surface area contributed by atoms with Crippen LogP contribution in [0.5, 0.6) is 0 Å². The van der Waals surface area contributed by atoms with E-state index in [1.807, 2.05) is 24.3 Å². The fourth-order valence-corrected chi connectivity index (χ4v) is 4.36. The average Bonchev–Trinajstić information content (AvgIpc) is 2.37. The maximum atomic E-state index is 6.15. The smallest absolute Gasteiger partial charge is 0.0735 e. The predicted octanol–water partition coefficient (Wildman–Crippen LogP) is 5.20. The normalized spacial score (nSPS) is 25.8. The number of rotatable bonds is 5. The molecule has 100 valence electrons. The van der Waals surface area contributed by atoms with E-state index in [1.54, 1.807) is 0 Å². The summed E-state index contributed by atoms with van der Waals surface area (Å²) in [5.41, 5.74) is 1.39. The molecule has 3 heteroatoms. The van der Waals surface area contributed by atoms with Gasteiger partial charge >= 0.3 is 0 Å². The molecule has 0 aliphatic heterocycles. The van der Waals surface area contributed by atoms with Gasteiger partial charge in [0.05, 0.1) is 12.7 Å². The van der Waals surface area contributed by atoms with Gasteiger partial charge in [-0.15, -0.1) is 0 Å². The first-order valence-electron chi connectivity index (χ1n) is 6.63.